The van der Waals surface area contributed by atoms with E-state index in [9.17, 15) is 0 Å². The van der Waals surface area contributed by atoms with E-state index in [0.717, 1.165) is 23.5 Å². The second-order valence-electron chi connectivity index (χ2n) is 3.56. The maximum atomic E-state index is 5.60. The van der Waals surface area contributed by atoms with E-state index >= 15 is 0 Å². The molecule has 0 aliphatic heterocycles. The predicted octanol–water partition coefficient (Wildman–Crippen LogP) is 2.45. The van der Waals surface area contributed by atoms with Crippen molar-refractivity contribution >= 4 is 11.1 Å². The first-order valence-corrected chi connectivity index (χ1v) is 4.93. The summed E-state index contributed by atoms with van der Waals surface area (Å²) in [5, 5.41) is 0. The first-order chi connectivity index (χ1) is 7.29. The molecule has 0 radical (unpaired) electrons. The van der Waals surface area contributed by atoms with Gasteiger partial charge in [0.1, 0.15) is 5.52 Å². The van der Waals surface area contributed by atoms with Crippen LogP contribution in [0.5, 0.6) is 0 Å². The van der Waals surface area contributed by atoms with Crippen LogP contribution in [0.3, 0.4) is 0 Å². The van der Waals surface area contributed by atoms with Crippen LogP contribution in [0, 0.1) is 0 Å². The Morgan fingerprint density at radius 2 is 2.27 bits per heavy atom. The highest BCUT2D eigenvalue weighted by atomic mass is 16.3. The van der Waals surface area contributed by atoms with Crippen LogP contribution >= 0.6 is 0 Å². The van der Waals surface area contributed by atoms with Gasteiger partial charge < -0.3 is 4.42 Å². The Labute approximate surface area is 89.0 Å². The summed E-state index contributed by atoms with van der Waals surface area (Å²) in [7, 11) is 2.01. The Hall–Kier alpha value is -1.61. The number of oxazole rings is 1. The molecule has 0 N–H and O–H groups in total. The number of hydrogen-bond donors (Lipinski definition) is 0. The van der Waals surface area contributed by atoms with Crippen molar-refractivity contribution < 1.29 is 4.42 Å². The minimum atomic E-state index is 0.709. The highest BCUT2D eigenvalue weighted by molar-refractivity contribution is 5.72. The van der Waals surface area contributed by atoms with Crippen LogP contribution in [0.4, 0.5) is 0 Å². The molecule has 0 aliphatic carbocycles. The van der Waals surface area contributed by atoms with E-state index in [1.807, 2.05) is 37.4 Å². The fourth-order valence-electron chi connectivity index (χ4n) is 1.50. The van der Waals surface area contributed by atoms with Gasteiger partial charge in [0.05, 0.1) is 6.54 Å². The van der Waals surface area contributed by atoms with Crippen molar-refractivity contribution in [2.75, 3.05) is 13.6 Å². The summed E-state index contributed by atoms with van der Waals surface area (Å²) >= 11 is 0. The molecule has 78 valence electrons. The Morgan fingerprint density at radius 1 is 1.47 bits per heavy atom. The molecule has 1 aromatic heterocycles. The summed E-state index contributed by atoms with van der Waals surface area (Å²) in [4.78, 5) is 6.49. The molecule has 2 aromatic rings. The van der Waals surface area contributed by atoms with E-state index in [1.165, 1.54) is 0 Å². The van der Waals surface area contributed by atoms with Crippen molar-refractivity contribution in [3.63, 3.8) is 0 Å². The third-order valence-corrected chi connectivity index (χ3v) is 2.18. The standard InChI is InChI=1S/C12H14N2O/c1-3-8-14(2)9-12-13-10-6-4-5-7-11(10)15-12/h3-7H,1,8-9H2,2H3. The third kappa shape index (κ3) is 2.25. The Kier molecular flexibility index (Phi) is 2.83. The molecule has 0 aliphatic rings. The normalized spacial score (nSPS) is 11.1. The van der Waals surface area contributed by atoms with Gasteiger partial charge in [-0.15, -0.1) is 6.58 Å². The van der Waals surface area contributed by atoms with E-state index < -0.39 is 0 Å². The molecule has 3 heteroatoms. The van der Waals surface area contributed by atoms with Gasteiger partial charge in [-0.25, -0.2) is 4.98 Å². The van der Waals surface area contributed by atoms with Gasteiger partial charge in [-0.1, -0.05) is 18.2 Å². The van der Waals surface area contributed by atoms with Crippen molar-refractivity contribution in [3.05, 3.63) is 42.8 Å². The lowest BCUT2D eigenvalue weighted by Crippen LogP contribution is -2.17. The number of aromatic nitrogens is 1. The average molecular weight is 202 g/mol. The summed E-state index contributed by atoms with van der Waals surface area (Å²) in [6.07, 6.45) is 1.86. The van der Waals surface area contributed by atoms with Gasteiger partial charge >= 0.3 is 0 Å². The fraction of sp³-hybridized carbons (Fsp3) is 0.250. The van der Waals surface area contributed by atoms with Crippen molar-refractivity contribution in [2.24, 2.45) is 0 Å². The molecule has 0 saturated carbocycles. The molecule has 0 saturated heterocycles. The molecule has 0 amide bonds. The average Bonchev–Trinajstić information content (AvgIpc) is 2.59. The number of rotatable bonds is 4. The van der Waals surface area contributed by atoms with E-state index in [1.54, 1.807) is 0 Å². The molecule has 0 fully saturated rings. The maximum absolute atomic E-state index is 5.60. The number of fused-ring (bicyclic) bond motifs is 1. The Morgan fingerprint density at radius 3 is 3.00 bits per heavy atom. The number of nitrogens with zero attached hydrogens (tertiary/aromatic N) is 2. The third-order valence-electron chi connectivity index (χ3n) is 2.18. The molecule has 2 rings (SSSR count). The second-order valence-corrected chi connectivity index (χ2v) is 3.56. The summed E-state index contributed by atoms with van der Waals surface area (Å²) < 4.78 is 5.60. The lowest BCUT2D eigenvalue weighted by Gasteiger charge is -2.10. The molecule has 0 atom stereocenters. The van der Waals surface area contributed by atoms with E-state index in [2.05, 4.69) is 16.5 Å². The topological polar surface area (TPSA) is 29.3 Å². The lowest BCUT2D eigenvalue weighted by molar-refractivity contribution is 0.320. The zero-order valence-corrected chi connectivity index (χ0v) is 8.81. The first kappa shape index (κ1) is 9.93. The minimum absolute atomic E-state index is 0.709. The molecule has 15 heavy (non-hydrogen) atoms. The van der Waals surface area contributed by atoms with Crippen molar-refractivity contribution in [2.45, 2.75) is 6.54 Å². The van der Waals surface area contributed by atoms with Crippen LogP contribution < -0.4 is 0 Å². The highest BCUT2D eigenvalue weighted by Gasteiger charge is 2.06. The van der Waals surface area contributed by atoms with Crippen LogP contribution in [0.1, 0.15) is 5.89 Å². The molecule has 0 unspecified atom stereocenters. The zero-order valence-electron chi connectivity index (χ0n) is 8.81. The molecule has 1 heterocycles. The van der Waals surface area contributed by atoms with Gasteiger partial charge in [-0.3, -0.25) is 4.90 Å². The van der Waals surface area contributed by atoms with Gasteiger partial charge in [-0.05, 0) is 19.2 Å². The predicted molar refractivity (Wildman–Crippen MR) is 60.5 cm³/mol. The van der Waals surface area contributed by atoms with Gasteiger partial charge in [0.25, 0.3) is 0 Å². The minimum Gasteiger partial charge on any atom is -0.439 e. The van der Waals surface area contributed by atoms with Crippen molar-refractivity contribution in [1.29, 1.82) is 0 Å². The van der Waals surface area contributed by atoms with E-state index in [0.29, 0.717) is 6.54 Å². The van der Waals surface area contributed by atoms with Gasteiger partial charge in [0.2, 0.25) is 5.89 Å². The smallest absolute Gasteiger partial charge is 0.209 e. The molecule has 0 spiro atoms. The fourth-order valence-corrected chi connectivity index (χ4v) is 1.50. The summed E-state index contributed by atoms with van der Waals surface area (Å²) in [6, 6.07) is 7.79. The van der Waals surface area contributed by atoms with E-state index in [-0.39, 0.29) is 0 Å². The molecule has 0 bridgehead atoms. The van der Waals surface area contributed by atoms with Crippen LogP contribution in [0.15, 0.2) is 41.3 Å². The summed E-state index contributed by atoms with van der Waals surface area (Å²) in [5.41, 5.74) is 1.76. The van der Waals surface area contributed by atoms with Crippen LogP contribution in [-0.4, -0.2) is 23.5 Å². The SMILES string of the molecule is C=CCN(C)Cc1nc2ccccc2o1. The van der Waals surface area contributed by atoms with Crippen molar-refractivity contribution in [3.8, 4) is 0 Å². The van der Waals surface area contributed by atoms with Gasteiger partial charge in [-0.2, -0.15) is 0 Å². The Balaban J connectivity index is 2.18. The number of likely N-dealkylation sites (N-methyl/N-ethyl adjacent to an activating group) is 1. The molecule has 1 aromatic carbocycles. The largest absolute Gasteiger partial charge is 0.439 e. The number of para-hydroxylation sites is 2. The van der Waals surface area contributed by atoms with Gasteiger partial charge in [0.15, 0.2) is 5.58 Å². The number of hydrogen-bond acceptors (Lipinski definition) is 3. The lowest BCUT2D eigenvalue weighted by atomic mass is 10.3. The molecule has 3 nitrogen and oxygen atoms in total. The van der Waals surface area contributed by atoms with Crippen molar-refractivity contribution in [1.82, 2.24) is 9.88 Å². The van der Waals surface area contributed by atoms with Crippen LogP contribution in [0.2, 0.25) is 0 Å². The summed E-state index contributed by atoms with van der Waals surface area (Å²) in [6.45, 7) is 5.23. The quantitative estimate of drug-likeness (QED) is 0.713. The van der Waals surface area contributed by atoms with Crippen LogP contribution in [-0.2, 0) is 6.54 Å². The Bertz CT molecular complexity index is 428. The second kappa shape index (κ2) is 4.28. The zero-order chi connectivity index (χ0) is 10.7. The van der Waals surface area contributed by atoms with Crippen LogP contribution in [0.25, 0.3) is 11.1 Å². The highest BCUT2D eigenvalue weighted by Crippen LogP contribution is 2.15. The first-order valence-electron chi connectivity index (χ1n) is 4.93. The number of benzene rings is 1. The van der Waals surface area contributed by atoms with Gasteiger partial charge in [0, 0.05) is 6.54 Å². The summed E-state index contributed by atoms with van der Waals surface area (Å²) in [5.74, 6) is 0.751. The maximum Gasteiger partial charge on any atom is 0.209 e. The van der Waals surface area contributed by atoms with E-state index in [4.69, 9.17) is 4.42 Å². The molecular weight excluding hydrogens is 188 g/mol. The molecular formula is C12H14N2O. The monoisotopic (exact) mass is 202 g/mol.